The van der Waals surface area contributed by atoms with E-state index in [9.17, 15) is 14.4 Å². The van der Waals surface area contributed by atoms with Gasteiger partial charge in [0.1, 0.15) is 5.57 Å². The fourth-order valence-electron chi connectivity index (χ4n) is 2.38. The first-order chi connectivity index (χ1) is 11.9. The summed E-state index contributed by atoms with van der Waals surface area (Å²) in [6.07, 6.45) is 1.29. The fraction of sp³-hybridized carbons (Fsp3) is 0.0556. The quantitative estimate of drug-likeness (QED) is 0.638. The smallest absolute Gasteiger partial charge is 0.273 e. The third-order valence-electron chi connectivity index (χ3n) is 3.68. The van der Waals surface area contributed by atoms with Gasteiger partial charge in [0.15, 0.2) is 0 Å². The number of halogens is 2. The van der Waals surface area contributed by atoms with Gasteiger partial charge < -0.3 is 0 Å². The Balaban J connectivity index is 2.07. The molecule has 7 heteroatoms. The van der Waals surface area contributed by atoms with Crippen molar-refractivity contribution in [3.63, 3.8) is 0 Å². The summed E-state index contributed by atoms with van der Waals surface area (Å²) in [6.45, 7) is 1.89. The molecule has 0 aliphatic carbocycles. The average molecular weight is 375 g/mol. The molecule has 0 bridgehead atoms. The van der Waals surface area contributed by atoms with Crippen molar-refractivity contribution in [1.29, 1.82) is 0 Å². The van der Waals surface area contributed by atoms with Crippen LogP contribution in [0.25, 0.3) is 6.08 Å². The summed E-state index contributed by atoms with van der Waals surface area (Å²) in [6, 6.07) is 10.8. The average Bonchev–Trinajstić information content (AvgIpc) is 2.55. The van der Waals surface area contributed by atoms with Gasteiger partial charge in [-0.25, -0.2) is 9.69 Å². The predicted molar refractivity (Wildman–Crippen MR) is 96.6 cm³/mol. The molecule has 2 aromatic carbocycles. The number of carbonyl (C=O) groups is 3. The second-order valence-corrected chi connectivity index (χ2v) is 6.24. The van der Waals surface area contributed by atoms with Crippen molar-refractivity contribution in [2.75, 3.05) is 4.90 Å². The molecule has 0 saturated carbocycles. The largest absolute Gasteiger partial charge is 0.335 e. The first kappa shape index (κ1) is 17.2. The van der Waals surface area contributed by atoms with Crippen molar-refractivity contribution in [3.05, 3.63) is 69.2 Å². The van der Waals surface area contributed by atoms with Gasteiger partial charge in [-0.3, -0.25) is 14.9 Å². The van der Waals surface area contributed by atoms with Gasteiger partial charge in [-0.1, -0.05) is 47.0 Å². The topological polar surface area (TPSA) is 66.5 Å². The number of imide groups is 2. The third kappa shape index (κ3) is 3.29. The number of anilines is 1. The first-order valence-corrected chi connectivity index (χ1v) is 8.06. The van der Waals surface area contributed by atoms with Crippen LogP contribution in [-0.4, -0.2) is 17.8 Å². The van der Waals surface area contributed by atoms with E-state index in [2.05, 4.69) is 5.32 Å². The van der Waals surface area contributed by atoms with Gasteiger partial charge in [-0.2, -0.15) is 0 Å². The zero-order valence-electron chi connectivity index (χ0n) is 13.0. The predicted octanol–water partition coefficient (Wildman–Crippen LogP) is 3.97. The number of nitrogens with one attached hydrogen (secondary N) is 1. The van der Waals surface area contributed by atoms with Gasteiger partial charge in [0.2, 0.25) is 0 Å². The molecule has 1 fully saturated rings. The molecule has 0 aromatic heterocycles. The molecule has 1 aliphatic rings. The van der Waals surface area contributed by atoms with Crippen LogP contribution in [0.1, 0.15) is 11.1 Å². The van der Waals surface area contributed by atoms with Crippen molar-refractivity contribution >= 4 is 52.8 Å². The van der Waals surface area contributed by atoms with E-state index in [0.717, 1.165) is 10.5 Å². The second-order valence-electron chi connectivity index (χ2n) is 5.43. The van der Waals surface area contributed by atoms with E-state index < -0.39 is 17.8 Å². The monoisotopic (exact) mass is 374 g/mol. The number of aryl methyl sites for hydroxylation is 1. The Bertz CT molecular complexity index is 900. The lowest BCUT2D eigenvalue weighted by atomic mass is 10.1. The molecule has 1 aliphatic heterocycles. The van der Waals surface area contributed by atoms with E-state index in [1.807, 2.05) is 6.92 Å². The van der Waals surface area contributed by atoms with Crippen LogP contribution in [0, 0.1) is 6.92 Å². The van der Waals surface area contributed by atoms with Gasteiger partial charge in [0.05, 0.1) is 5.69 Å². The lowest BCUT2D eigenvalue weighted by molar-refractivity contribution is -0.122. The van der Waals surface area contributed by atoms with Gasteiger partial charge in [-0.05, 0) is 37.3 Å². The Kier molecular flexibility index (Phi) is 4.61. The molecular formula is C18H12Cl2N2O3. The minimum atomic E-state index is -0.804. The molecule has 4 amide bonds. The van der Waals surface area contributed by atoms with E-state index in [-0.39, 0.29) is 5.57 Å². The van der Waals surface area contributed by atoms with Gasteiger partial charge >= 0.3 is 6.03 Å². The lowest BCUT2D eigenvalue weighted by Crippen LogP contribution is -2.54. The minimum Gasteiger partial charge on any atom is -0.273 e. The summed E-state index contributed by atoms with van der Waals surface area (Å²) < 4.78 is 0. The maximum atomic E-state index is 12.7. The molecule has 25 heavy (non-hydrogen) atoms. The Hall–Kier alpha value is -2.63. The summed E-state index contributed by atoms with van der Waals surface area (Å²) >= 11 is 12.2. The van der Waals surface area contributed by atoms with E-state index in [1.165, 1.54) is 6.08 Å². The maximum absolute atomic E-state index is 12.7. The minimum absolute atomic E-state index is 0.227. The highest BCUT2D eigenvalue weighted by atomic mass is 35.5. The Morgan fingerprint density at radius 1 is 0.960 bits per heavy atom. The summed E-state index contributed by atoms with van der Waals surface area (Å²) in [5.74, 6) is -1.54. The summed E-state index contributed by atoms with van der Waals surface area (Å²) in [5.41, 5.74) is 1.44. The number of rotatable bonds is 2. The lowest BCUT2D eigenvalue weighted by Gasteiger charge is -2.26. The van der Waals surface area contributed by atoms with Crippen LogP contribution in [0.15, 0.2) is 48.0 Å². The van der Waals surface area contributed by atoms with Crippen LogP contribution in [0.3, 0.4) is 0 Å². The van der Waals surface area contributed by atoms with Crippen LogP contribution >= 0.6 is 23.2 Å². The highest BCUT2D eigenvalue weighted by Crippen LogP contribution is 2.28. The second kappa shape index (κ2) is 6.70. The Morgan fingerprint density at radius 3 is 2.16 bits per heavy atom. The summed E-state index contributed by atoms with van der Waals surface area (Å²) in [7, 11) is 0. The molecule has 2 aromatic rings. The number of hydrogen-bond acceptors (Lipinski definition) is 3. The zero-order valence-corrected chi connectivity index (χ0v) is 14.6. The molecule has 0 unspecified atom stereocenters. The number of barbiturate groups is 1. The van der Waals surface area contributed by atoms with Crippen molar-refractivity contribution < 1.29 is 14.4 Å². The van der Waals surface area contributed by atoms with Gasteiger partial charge in [-0.15, -0.1) is 0 Å². The molecule has 0 radical (unpaired) electrons. The molecule has 5 nitrogen and oxygen atoms in total. The Labute approximate surface area is 153 Å². The van der Waals surface area contributed by atoms with Crippen LogP contribution in [0.5, 0.6) is 0 Å². The van der Waals surface area contributed by atoms with Crippen LogP contribution in [0.4, 0.5) is 10.5 Å². The summed E-state index contributed by atoms with van der Waals surface area (Å²) in [4.78, 5) is 37.9. The molecule has 0 atom stereocenters. The number of amides is 4. The van der Waals surface area contributed by atoms with E-state index in [1.54, 1.807) is 42.5 Å². The van der Waals surface area contributed by atoms with Crippen molar-refractivity contribution in [1.82, 2.24) is 5.32 Å². The first-order valence-electron chi connectivity index (χ1n) is 7.30. The highest BCUT2D eigenvalue weighted by molar-refractivity contribution is 6.41. The van der Waals surface area contributed by atoms with Gasteiger partial charge in [0.25, 0.3) is 11.8 Å². The number of benzene rings is 2. The standard InChI is InChI=1S/C18H12Cl2N2O3/c1-10-5-7-11(8-6-10)22-17(24)13(16(23)21-18(22)25)9-12-14(19)3-2-4-15(12)20/h2-9H,1H3,(H,21,23,25)/b13-9-. The maximum Gasteiger partial charge on any atom is 0.335 e. The summed E-state index contributed by atoms with van der Waals surface area (Å²) in [5, 5.41) is 2.74. The fourth-order valence-corrected chi connectivity index (χ4v) is 2.89. The zero-order chi connectivity index (χ0) is 18.1. The molecular weight excluding hydrogens is 363 g/mol. The van der Waals surface area contributed by atoms with Crippen molar-refractivity contribution in [2.45, 2.75) is 6.92 Å². The number of nitrogens with zero attached hydrogens (tertiary/aromatic N) is 1. The normalized spacial score (nSPS) is 16.4. The third-order valence-corrected chi connectivity index (χ3v) is 4.34. The molecule has 1 saturated heterocycles. The van der Waals surface area contributed by atoms with Crippen molar-refractivity contribution in [2.24, 2.45) is 0 Å². The van der Waals surface area contributed by atoms with E-state index in [4.69, 9.17) is 23.2 Å². The molecule has 1 heterocycles. The van der Waals surface area contributed by atoms with Crippen molar-refractivity contribution in [3.8, 4) is 0 Å². The number of urea groups is 1. The molecule has 1 N–H and O–H groups in total. The number of hydrogen-bond donors (Lipinski definition) is 1. The van der Waals surface area contributed by atoms with Crippen LogP contribution < -0.4 is 10.2 Å². The highest BCUT2D eigenvalue weighted by Gasteiger charge is 2.37. The SMILES string of the molecule is Cc1ccc(N2C(=O)NC(=O)/C(=C/c3c(Cl)cccc3Cl)C2=O)cc1. The van der Waals surface area contributed by atoms with Crippen LogP contribution in [0.2, 0.25) is 10.0 Å². The Morgan fingerprint density at radius 2 is 1.56 bits per heavy atom. The van der Waals surface area contributed by atoms with E-state index in [0.29, 0.717) is 21.3 Å². The molecule has 126 valence electrons. The molecule has 3 rings (SSSR count). The van der Waals surface area contributed by atoms with Crippen LogP contribution in [-0.2, 0) is 9.59 Å². The molecule has 0 spiro atoms. The number of carbonyl (C=O) groups excluding carboxylic acids is 3. The van der Waals surface area contributed by atoms with Gasteiger partial charge in [0, 0.05) is 15.6 Å². The van der Waals surface area contributed by atoms with E-state index >= 15 is 0 Å².